The van der Waals surface area contributed by atoms with Crippen LogP contribution in [-0.4, -0.2) is 67.2 Å². The smallest absolute Gasteiger partial charge is 0.323 e. The zero-order chi connectivity index (χ0) is 12.6. The number of amides is 2. The Hall–Kier alpha value is -1.30. The molecule has 0 rings (SSSR count). The van der Waals surface area contributed by atoms with Gasteiger partial charge in [0.2, 0.25) is 0 Å². The van der Waals surface area contributed by atoms with Gasteiger partial charge < -0.3 is 20.2 Å². The molecule has 0 aromatic carbocycles. The second kappa shape index (κ2) is 7.92. The second-order valence-electron chi connectivity index (χ2n) is 3.79. The van der Waals surface area contributed by atoms with E-state index in [4.69, 9.17) is 5.11 Å². The number of hydrogen-bond donors (Lipinski definition) is 2. The minimum atomic E-state index is -1.03. The van der Waals surface area contributed by atoms with Gasteiger partial charge >= 0.3 is 12.0 Å². The Morgan fingerprint density at radius 3 is 2.31 bits per heavy atom. The average molecular weight is 231 g/mol. The lowest BCUT2D eigenvalue weighted by atomic mass is 10.3. The van der Waals surface area contributed by atoms with Crippen molar-refractivity contribution >= 4 is 12.0 Å². The van der Waals surface area contributed by atoms with Gasteiger partial charge in [0.1, 0.15) is 6.54 Å². The van der Waals surface area contributed by atoms with Crippen LogP contribution in [0.25, 0.3) is 0 Å². The summed E-state index contributed by atoms with van der Waals surface area (Å²) in [5, 5.41) is 10.8. The Morgan fingerprint density at radius 1 is 1.25 bits per heavy atom. The third-order valence-electron chi connectivity index (χ3n) is 2.09. The fraction of sp³-hybridized carbons (Fsp3) is 0.800. The van der Waals surface area contributed by atoms with Gasteiger partial charge in [0.25, 0.3) is 0 Å². The Labute approximate surface area is 96.2 Å². The summed E-state index contributed by atoms with van der Waals surface area (Å²) in [5.74, 6) is -1.03. The molecular formula is C10H21N3O3. The summed E-state index contributed by atoms with van der Waals surface area (Å²) in [6.07, 6.45) is 0.876. The van der Waals surface area contributed by atoms with Gasteiger partial charge in [-0.3, -0.25) is 4.79 Å². The van der Waals surface area contributed by atoms with Crippen molar-refractivity contribution < 1.29 is 14.7 Å². The number of carboxylic acids is 1. The molecule has 94 valence electrons. The summed E-state index contributed by atoms with van der Waals surface area (Å²) >= 11 is 0. The maximum absolute atomic E-state index is 11.5. The minimum Gasteiger partial charge on any atom is -0.480 e. The Morgan fingerprint density at radius 2 is 1.88 bits per heavy atom. The first-order chi connectivity index (χ1) is 7.47. The molecule has 0 aliphatic heterocycles. The minimum absolute atomic E-state index is 0.316. The van der Waals surface area contributed by atoms with Gasteiger partial charge in [-0.05, 0) is 34.0 Å². The molecule has 0 bridgehead atoms. The van der Waals surface area contributed by atoms with Crippen LogP contribution in [0.15, 0.2) is 0 Å². The molecule has 2 amide bonds. The molecule has 0 heterocycles. The van der Waals surface area contributed by atoms with E-state index in [9.17, 15) is 9.59 Å². The van der Waals surface area contributed by atoms with E-state index in [-0.39, 0.29) is 12.6 Å². The Kier molecular flexibility index (Phi) is 7.28. The topological polar surface area (TPSA) is 72.9 Å². The van der Waals surface area contributed by atoms with E-state index in [0.717, 1.165) is 13.0 Å². The lowest BCUT2D eigenvalue weighted by Crippen LogP contribution is -2.42. The molecule has 0 saturated carbocycles. The van der Waals surface area contributed by atoms with Gasteiger partial charge in [0.15, 0.2) is 0 Å². The predicted molar refractivity (Wildman–Crippen MR) is 61.5 cm³/mol. The van der Waals surface area contributed by atoms with Gasteiger partial charge in [-0.1, -0.05) is 0 Å². The maximum Gasteiger partial charge on any atom is 0.323 e. The first-order valence-corrected chi connectivity index (χ1v) is 5.36. The standard InChI is InChI=1S/C10H21N3O3/c1-4-13(7-5-6-12(2)3)10(16)11-8-9(14)15/h4-8H2,1-3H3,(H,11,16)(H,14,15). The van der Waals surface area contributed by atoms with Crippen molar-refractivity contribution in [2.24, 2.45) is 0 Å². The highest BCUT2D eigenvalue weighted by Crippen LogP contribution is 1.93. The highest BCUT2D eigenvalue weighted by molar-refractivity contribution is 5.79. The molecule has 2 N–H and O–H groups in total. The van der Waals surface area contributed by atoms with Gasteiger partial charge in [-0.2, -0.15) is 0 Å². The van der Waals surface area contributed by atoms with Crippen LogP contribution < -0.4 is 5.32 Å². The lowest BCUT2D eigenvalue weighted by Gasteiger charge is -2.21. The highest BCUT2D eigenvalue weighted by Gasteiger charge is 2.11. The second-order valence-corrected chi connectivity index (χ2v) is 3.79. The van der Waals surface area contributed by atoms with Crippen molar-refractivity contribution in [3.05, 3.63) is 0 Å². The van der Waals surface area contributed by atoms with Crippen LogP contribution in [0.2, 0.25) is 0 Å². The molecule has 0 fully saturated rings. The van der Waals surface area contributed by atoms with E-state index < -0.39 is 5.97 Å². The number of carbonyl (C=O) groups is 2. The zero-order valence-corrected chi connectivity index (χ0v) is 10.2. The van der Waals surface area contributed by atoms with Gasteiger partial charge in [-0.25, -0.2) is 4.79 Å². The van der Waals surface area contributed by atoms with Crippen molar-refractivity contribution in [2.45, 2.75) is 13.3 Å². The third-order valence-corrected chi connectivity index (χ3v) is 2.09. The molecule has 6 heteroatoms. The number of aliphatic carboxylic acids is 1. The molecule has 0 atom stereocenters. The maximum atomic E-state index is 11.5. The molecule has 0 spiro atoms. The van der Waals surface area contributed by atoms with Gasteiger partial charge in [0, 0.05) is 13.1 Å². The van der Waals surface area contributed by atoms with Crippen LogP contribution in [0.1, 0.15) is 13.3 Å². The lowest BCUT2D eigenvalue weighted by molar-refractivity contribution is -0.135. The van der Waals surface area contributed by atoms with Crippen molar-refractivity contribution in [3.8, 4) is 0 Å². The summed E-state index contributed by atoms with van der Waals surface area (Å²) in [7, 11) is 3.95. The first-order valence-electron chi connectivity index (χ1n) is 5.36. The fourth-order valence-electron chi connectivity index (χ4n) is 1.24. The molecule has 16 heavy (non-hydrogen) atoms. The third kappa shape index (κ3) is 7.05. The highest BCUT2D eigenvalue weighted by atomic mass is 16.4. The van der Waals surface area contributed by atoms with Gasteiger partial charge in [0.05, 0.1) is 0 Å². The average Bonchev–Trinajstić information content (AvgIpc) is 2.20. The van der Waals surface area contributed by atoms with E-state index >= 15 is 0 Å². The zero-order valence-electron chi connectivity index (χ0n) is 10.2. The largest absolute Gasteiger partial charge is 0.480 e. The number of carbonyl (C=O) groups excluding carboxylic acids is 1. The fourth-order valence-corrected chi connectivity index (χ4v) is 1.24. The summed E-state index contributed by atoms with van der Waals surface area (Å²) in [6, 6.07) is -0.316. The van der Waals surface area contributed by atoms with E-state index in [1.165, 1.54) is 0 Å². The molecular weight excluding hydrogens is 210 g/mol. The summed E-state index contributed by atoms with van der Waals surface area (Å²) in [4.78, 5) is 25.4. The summed E-state index contributed by atoms with van der Waals surface area (Å²) < 4.78 is 0. The summed E-state index contributed by atoms with van der Waals surface area (Å²) in [6.45, 7) is 3.67. The van der Waals surface area contributed by atoms with Crippen molar-refractivity contribution in [1.29, 1.82) is 0 Å². The van der Waals surface area contributed by atoms with Crippen molar-refractivity contribution in [2.75, 3.05) is 40.3 Å². The Bertz CT molecular complexity index is 231. The van der Waals surface area contributed by atoms with Crippen LogP contribution in [0.5, 0.6) is 0 Å². The van der Waals surface area contributed by atoms with Crippen molar-refractivity contribution in [3.63, 3.8) is 0 Å². The van der Waals surface area contributed by atoms with Crippen molar-refractivity contribution in [1.82, 2.24) is 15.1 Å². The molecule has 0 aliphatic carbocycles. The number of nitrogens with one attached hydrogen (secondary N) is 1. The quantitative estimate of drug-likeness (QED) is 0.649. The van der Waals surface area contributed by atoms with Crippen LogP contribution in [0.3, 0.4) is 0 Å². The number of carboxylic acid groups (broad SMARTS) is 1. The Balaban J connectivity index is 3.87. The molecule has 0 saturated heterocycles. The number of nitrogens with zero attached hydrogens (tertiary/aromatic N) is 2. The molecule has 6 nitrogen and oxygen atoms in total. The SMILES string of the molecule is CCN(CCCN(C)C)C(=O)NCC(=O)O. The van der Waals surface area contributed by atoms with Crippen LogP contribution in [-0.2, 0) is 4.79 Å². The van der Waals surface area contributed by atoms with Crippen LogP contribution >= 0.6 is 0 Å². The molecule has 0 aliphatic rings. The molecule has 0 radical (unpaired) electrons. The first kappa shape index (κ1) is 14.7. The number of urea groups is 1. The number of hydrogen-bond acceptors (Lipinski definition) is 3. The predicted octanol–water partition coefficient (Wildman–Crippen LogP) is 0.0542. The van der Waals surface area contributed by atoms with E-state index in [1.54, 1.807) is 4.90 Å². The van der Waals surface area contributed by atoms with Crippen LogP contribution in [0.4, 0.5) is 4.79 Å². The normalized spacial score (nSPS) is 10.2. The van der Waals surface area contributed by atoms with Gasteiger partial charge in [-0.15, -0.1) is 0 Å². The molecule has 0 aromatic rings. The van der Waals surface area contributed by atoms with E-state index in [1.807, 2.05) is 25.9 Å². The van der Waals surface area contributed by atoms with E-state index in [0.29, 0.717) is 13.1 Å². The van der Waals surface area contributed by atoms with E-state index in [2.05, 4.69) is 5.32 Å². The molecule has 0 unspecified atom stereocenters. The number of rotatable bonds is 7. The molecule has 0 aromatic heterocycles. The van der Waals surface area contributed by atoms with Crippen LogP contribution in [0, 0.1) is 0 Å². The summed E-state index contributed by atoms with van der Waals surface area (Å²) in [5.41, 5.74) is 0. The monoisotopic (exact) mass is 231 g/mol.